The number of hydrogen-bond donors (Lipinski definition) is 4. The normalized spacial score (nSPS) is 16.9. The van der Waals surface area contributed by atoms with E-state index in [1.165, 1.54) is 0 Å². The number of nitrogens with one attached hydrogen (secondary N) is 2. The molecule has 0 unspecified atom stereocenters. The summed E-state index contributed by atoms with van der Waals surface area (Å²) in [6.45, 7) is 1.41. The summed E-state index contributed by atoms with van der Waals surface area (Å²) in [5.41, 5.74) is 11.5. The highest BCUT2D eigenvalue weighted by Crippen LogP contribution is 2.13. The van der Waals surface area contributed by atoms with Crippen LogP contribution in [0.3, 0.4) is 0 Å². The second-order valence-electron chi connectivity index (χ2n) is 7.44. The molecule has 1 saturated heterocycles. The van der Waals surface area contributed by atoms with E-state index in [-0.39, 0.29) is 30.4 Å². The summed E-state index contributed by atoms with van der Waals surface area (Å²) in [7, 11) is 0. The molecule has 0 bridgehead atoms. The SMILES string of the molecule is NC(N)=NCCC[C@@H](C=O)NC(=O)CN(Cc1ccccc1)C(=O)[C@H]1CCCCN1. The van der Waals surface area contributed by atoms with Crippen molar-refractivity contribution in [3.8, 4) is 0 Å². The van der Waals surface area contributed by atoms with Crippen molar-refractivity contribution < 1.29 is 14.4 Å². The zero-order valence-electron chi connectivity index (χ0n) is 17.3. The summed E-state index contributed by atoms with van der Waals surface area (Å²) < 4.78 is 0. The lowest BCUT2D eigenvalue weighted by Crippen LogP contribution is -2.51. The highest BCUT2D eigenvalue weighted by Gasteiger charge is 2.27. The lowest BCUT2D eigenvalue weighted by Gasteiger charge is -2.30. The van der Waals surface area contributed by atoms with E-state index in [2.05, 4.69) is 15.6 Å². The van der Waals surface area contributed by atoms with Crippen LogP contribution in [-0.4, -0.2) is 60.7 Å². The van der Waals surface area contributed by atoms with Gasteiger partial charge in [-0.15, -0.1) is 0 Å². The number of benzene rings is 1. The van der Waals surface area contributed by atoms with Crippen LogP contribution in [0.25, 0.3) is 0 Å². The van der Waals surface area contributed by atoms with Crippen molar-refractivity contribution >= 4 is 24.1 Å². The lowest BCUT2D eigenvalue weighted by atomic mass is 10.0. The Balaban J connectivity index is 1.97. The Morgan fingerprint density at radius 1 is 1.27 bits per heavy atom. The largest absolute Gasteiger partial charge is 0.370 e. The number of aliphatic imine (C=N–C) groups is 1. The van der Waals surface area contributed by atoms with Gasteiger partial charge in [-0.2, -0.15) is 0 Å². The second-order valence-corrected chi connectivity index (χ2v) is 7.44. The molecule has 9 nitrogen and oxygen atoms in total. The first-order valence-corrected chi connectivity index (χ1v) is 10.4. The summed E-state index contributed by atoms with van der Waals surface area (Å²) >= 11 is 0. The molecule has 1 aromatic carbocycles. The molecule has 2 rings (SSSR count). The van der Waals surface area contributed by atoms with E-state index in [1.54, 1.807) is 4.90 Å². The Morgan fingerprint density at radius 3 is 2.67 bits per heavy atom. The summed E-state index contributed by atoms with van der Waals surface area (Å²) in [4.78, 5) is 42.4. The first kappa shape index (κ1) is 23.3. The van der Waals surface area contributed by atoms with E-state index in [1.807, 2.05) is 30.3 Å². The third-order valence-electron chi connectivity index (χ3n) is 4.95. The molecule has 1 aliphatic rings. The van der Waals surface area contributed by atoms with Gasteiger partial charge in [-0.25, -0.2) is 0 Å². The molecule has 0 saturated carbocycles. The van der Waals surface area contributed by atoms with Crippen LogP contribution >= 0.6 is 0 Å². The molecule has 0 aliphatic carbocycles. The molecule has 30 heavy (non-hydrogen) atoms. The van der Waals surface area contributed by atoms with Gasteiger partial charge in [0.2, 0.25) is 11.8 Å². The van der Waals surface area contributed by atoms with Gasteiger partial charge in [0.1, 0.15) is 6.29 Å². The van der Waals surface area contributed by atoms with Crippen LogP contribution in [0.15, 0.2) is 35.3 Å². The second kappa shape index (κ2) is 12.6. The van der Waals surface area contributed by atoms with Gasteiger partial charge < -0.3 is 31.8 Å². The van der Waals surface area contributed by atoms with Crippen molar-refractivity contribution in [1.29, 1.82) is 0 Å². The number of carbonyl (C=O) groups is 3. The van der Waals surface area contributed by atoms with Crippen LogP contribution in [0.1, 0.15) is 37.7 Å². The number of piperidine rings is 1. The molecule has 1 fully saturated rings. The molecule has 9 heteroatoms. The van der Waals surface area contributed by atoms with Crippen molar-refractivity contribution in [2.75, 3.05) is 19.6 Å². The molecular formula is C21H32N6O3. The molecule has 1 heterocycles. The maximum atomic E-state index is 13.0. The van der Waals surface area contributed by atoms with Crippen LogP contribution in [0.4, 0.5) is 0 Å². The number of amides is 2. The van der Waals surface area contributed by atoms with Gasteiger partial charge in [0.05, 0.1) is 18.6 Å². The number of aldehydes is 1. The van der Waals surface area contributed by atoms with E-state index in [9.17, 15) is 14.4 Å². The summed E-state index contributed by atoms with van der Waals surface area (Å²) in [5, 5.41) is 5.94. The molecule has 2 amide bonds. The minimum atomic E-state index is -0.645. The highest BCUT2D eigenvalue weighted by atomic mass is 16.2. The van der Waals surface area contributed by atoms with Gasteiger partial charge >= 0.3 is 0 Å². The number of hydrogen-bond acceptors (Lipinski definition) is 5. The standard InChI is InChI=1S/C21H32N6O3/c22-21(23)25-12-6-9-17(15-28)26-19(29)14-27(13-16-7-2-1-3-8-16)20(30)18-10-4-5-11-24-18/h1-3,7-8,15,17-18,24H,4-6,9-14H2,(H,26,29)(H4,22,23,25)/t17-,18+/m0/s1. The fraction of sp³-hybridized carbons (Fsp3) is 0.524. The van der Waals surface area contributed by atoms with Gasteiger partial charge in [0.15, 0.2) is 5.96 Å². The van der Waals surface area contributed by atoms with E-state index in [0.29, 0.717) is 32.2 Å². The van der Waals surface area contributed by atoms with E-state index >= 15 is 0 Å². The fourth-order valence-corrected chi connectivity index (χ4v) is 3.42. The molecule has 1 aliphatic heterocycles. The molecule has 1 aromatic rings. The molecule has 6 N–H and O–H groups in total. The first-order chi connectivity index (χ1) is 14.5. The average Bonchev–Trinajstić information content (AvgIpc) is 2.76. The van der Waals surface area contributed by atoms with Gasteiger partial charge in [0, 0.05) is 13.1 Å². The maximum absolute atomic E-state index is 13.0. The molecular weight excluding hydrogens is 384 g/mol. The van der Waals surface area contributed by atoms with Crippen molar-refractivity contribution in [3.63, 3.8) is 0 Å². The molecule has 0 radical (unpaired) electrons. The van der Waals surface area contributed by atoms with E-state index < -0.39 is 6.04 Å². The minimum absolute atomic E-state index is 0.00641. The summed E-state index contributed by atoms with van der Waals surface area (Å²) in [6, 6.07) is 8.62. The zero-order chi connectivity index (χ0) is 21.8. The smallest absolute Gasteiger partial charge is 0.240 e. The topological polar surface area (TPSA) is 143 Å². The zero-order valence-corrected chi connectivity index (χ0v) is 17.3. The van der Waals surface area contributed by atoms with Gasteiger partial charge in [-0.3, -0.25) is 14.6 Å². The predicted molar refractivity (Wildman–Crippen MR) is 115 cm³/mol. The molecule has 0 spiro atoms. The third-order valence-corrected chi connectivity index (χ3v) is 4.95. The Morgan fingerprint density at radius 2 is 2.03 bits per heavy atom. The van der Waals surface area contributed by atoms with Crippen LogP contribution in [0, 0.1) is 0 Å². The van der Waals surface area contributed by atoms with E-state index in [0.717, 1.165) is 31.4 Å². The molecule has 2 atom stereocenters. The van der Waals surface area contributed by atoms with Crippen molar-refractivity contribution in [2.24, 2.45) is 16.5 Å². The number of carbonyl (C=O) groups excluding carboxylic acids is 3. The maximum Gasteiger partial charge on any atom is 0.240 e. The van der Waals surface area contributed by atoms with Crippen LogP contribution in [0.2, 0.25) is 0 Å². The van der Waals surface area contributed by atoms with Crippen molar-refractivity contribution in [1.82, 2.24) is 15.5 Å². The molecule has 164 valence electrons. The third kappa shape index (κ3) is 8.20. The quantitative estimate of drug-likeness (QED) is 0.172. The van der Waals surface area contributed by atoms with Crippen LogP contribution in [0.5, 0.6) is 0 Å². The average molecular weight is 417 g/mol. The van der Waals surface area contributed by atoms with E-state index in [4.69, 9.17) is 11.5 Å². The van der Waals surface area contributed by atoms with Crippen molar-refractivity contribution in [2.45, 2.75) is 50.7 Å². The van der Waals surface area contributed by atoms with Gasteiger partial charge in [-0.05, 0) is 37.8 Å². The van der Waals surface area contributed by atoms with Crippen LogP contribution in [-0.2, 0) is 20.9 Å². The Labute approximate surface area is 177 Å². The number of nitrogens with zero attached hydrogens (tertiary/aromatic N) is 2. The highest BCUT2D eigenvalue weighted by molar-refractivity contribution is 5.88. The first-order valence-electron chi connectivity index (χ1n) is 10.4. The molecule has 0 aromatic heterocycles. The minimum Gasteiger partial charge on any atom is -0.370 e. The Hall–Kier alpha value is -2.94. The Kier molecular flexibility index (Phi) is 9.79. The van der Waals surface area contributed by atoms with Gasteiger partial charge in [-0.1, -0.05) is 36.8 Å². The Bertz CT molecular complexity index is 715. The fourth-order valence-electron chi connectivity index (χ4n) is 3.42. The summed E-state index contributed by atoms with van der Waals surface area (Å²) in [6.07, 6.45) is 4.46. The van der Waals surface area contributed by atoms with Gasteiger partial charge in [0.25, 0.3) is 0 Å². The monoisotopic (exact) mass is 416 g/mol. The van der Waals surface area contributed by atoms with Crippen LogP contribution < -0.4 is 22.1 Å². The number of nitrogens with two attached hydrogens (primary N) is 2. The predicted octanol–water partition coefficient (Wildman–Crippen LogP) is -0.105. The number of rotatable bonds is 11. The van der Waals surface area contributed by atoms with Crippen molar-refractivity contribution in [3.05, 3.63) is 35.9 Å². The lowest BCUT2D eigenvalue weighted by molar-refractivity contribution is -0.139. The summed E-state index contributed by atoms with van der Waals surface area (Å²) in [5.74, 6) is -0.466. The number of guanidine groups is 1.